The van der Waals surface area contributed by atoms with E-state index in [4.69, 9.17) is 5.84 Å². The number of amides is 2. The number of hydrogen-bond acceptors (Lipinski definition) is 3. The van der Waals surface area contributed by atoms with Crippen molar-refractivity contribution in [2.24, 2.45) is 5.84 Å². The van der Waals surface area contributed by atoms with E-state index < -0.39 is 6.03 Å². The zero-order chi connectivity index (χ0) is 9.68. The summed E-state index contributed by atoms with van der Waals surface area (Å²) in [6.07, 6.45) is 1.67. The molecule has 1 rings (SSSR count). The highest BCUT2D eigenvalue weighted by atomic mass is 16.2. The van der Waals surface area contributed by atoms with Crippen molar-refractivity contribution in [3.63, 3.8) is 0 Å². The van der Waals surface area contributed by atoms with Crippen molar-refractivity contribution in [3.05, 3.63) is 30.1 Å². The molecule has 1 atom stereocenters. The molecule has 13 heavy (non-hydrogen) atoms. The number of aromatic nitrogens is 1. The number of carbonyl (C=O) groups excluding carboxylic acids is 1. The fraction of sp³-hybridized carbons (Fsp3) is 0.250. The van der Waals surface area contributed by atoms with Crippen LogP contribution in [0.4, 0.5) is 4.79 Å². The molecule has 0 aliphatic carbocycles. The molecule has 0 aromatic carbocycles. The predicted octanol–water partition coefficient (Wildman–Crippen LogP) is 0.315. The van der Waals surface area contributed by atoms with Crippen LogP contribution in [0, 0.1) is 0 Å². The van der Waals surface area contributed by atoms with Gasteiger partial charge in [-0.3, -0.25) is 10.4 Å². The second kappa shape index (κ2) is 4.42. The molecule has 0 saturated heterocycles. The van der Waals surface area contributed by atoms with Gasteiger partial charge in [0.1, 0.15) is 0 Å². The molecule has 4 N–H and O–H groups in total. The van der Waals surface area contributed by atoms with Gasteiger partial charge in [0, 0.05) is 6.20 Å². The second-order valence-corrected chi connectivity index (χ2v) is 2.59. The number of hydrogen-bond donors (Lipinski definition) is 3. The summed E-state index contributed by atoms with van der Waals surface area (Å²) in [5, 5.41) is 2.61. The molecular formula is C8H12N4O. The molecule has 0 bridgehead atoms. The van der Waals surface area contributed by atoms with Gasteiger partial charge < -0.3 is 5.32 Å². The summed E-state index contributed by atoms with van der Waals surface area (Å²) in [6.45, 7) is 1.83. The van der Waals surface area contributed by atoms with Crippen molar-refractivity contribution in [1.29, 1.82) is 0 Å². The van der Waals surface area contributed by atoms with E-state index in [9.17, 15) is 4.79 Å². The van der Waals surface area contributed by atoms with Gasteiger partial charge in [-0.25, -0.2) is 10.6 Å². The standard InChI is InChI=1S/C8H12N4O/c1-6(11-8(13)12-9)7-4-2-3-5-10-7/h2-6H,9H2,1H3,(H2,11,12,13). The first kappa shape index (κ1) is 9.47. The van der Waals surface area contributed by atoms with Crippen molar-refractivity contribution in [1.82, 2.24) is 15.7 Å². The summed E-state index contributed by atoms with van der Waals surface area (Å²) < 4.78 is 0. The molecule has 0 radical (unpaired) electrons. The average molecular weight is 180 g/mol. The highest BCUT2D eigenvalue weighted by molar-refractivity contribution is 5.73. The number of urea groups is 1. The van der Waals surface area contributed by atoms with E-state index in [1.165, 1.54) is 0 Å². The molecule has 5 heteroatoms. The first-order chi connectivity index (χ1) is 6.24. The average Bonchev–Trinajstić information content (AvgIpc) is 2.19. The van der Waals surface area contributed by atoms with E-state index in [1.807, 2.05) is 30.5 Å². The Kier molecular flexibility index (Phi) is 3.22. The third kappa shape index (κ3) is 2.72. The van der Waals surface area contributed by atoms with Crippen molar-refractivity contribution in [2.75, 3.05) is 0 Å². The van der Waals surface area contributed by atoms with E-state index in [-0.39, 0.29) is 6.04 Å². The van der Waals surface area contributed by atoms with Gasteiger partial charge in [-0.05, 0) is 19.1 Å². The zero-order valence-corrected chi connectivity index (χ0v) is 7.32. The molecule has 0 spiro atoms. The molecule has 1 unspecified atom stereocenters. The molecule has 70 valence electrons. The minimum atomic E-state index is -0.418. The molecule has 5 nitrogen and oxygen atoms in total. The first-order valence-electron chi connectivity index (χ1n) is 3.92. The van der Waals surface area contributed by atoms with Crippen molar-refractivity contribution < 1.29 is 4.79 Å². The largest absolute Gasteiger partial charge is 0.329 e. The van der Waals surface area contributed by atoms with E-state index in [2.05, 4.69) is 10.3 Å². The van der Waals surface area contributed by atoms with Crippen LogP contribution in [0.5, 0.6) is 0 Å². The Morgan fingerprint density at radius 2 is 2.38 bits per heavy atom. The van der Waals surface area contributed by atoms with E-state index in [0.29, 0.717) is 0 Å². The van der Waals surface area contributed by atoms with Gasteiger partial charge in [-0.2, -0.15) is 0 Å². The Bertz CT molecular complexity index is 275. The van der Waals surface area contributed by atoms with Crippen molar-refractivity contribution >= 4 is 6.03 Å². The third-order valence-corrected chi connectivity index (χ3v) is 1.61. The van der Waals surface area contributed by atoms with Crippen LogP contribution >= 0.6 is 0 Å². The molecule has 1 aromatic rings. The van der Waals surface area contributed by atoms with E-state index in [1.54, 1.807) is 6.20 Å². The molecule has 0 fully saturated rings. The van der Waals surface area contributed by atoms with Crippen LogP contribution in [-0.4, -0.2) is 11.0 Å². The molecule has 0 aliphatic rings. The Morgan fingerprint density at radius 1 is 1.62 bits per heavy atom. The maximum atomic E-state index is 10.8. The summed E-state index contributed by atoms with van der Waals surface area (Å²) in [4.78, 5) is 14.9. The number of nitrogens with two attached hydrogens (primary N) is 1. The topological polar surface area (TPSA) is 80.0 Å². The van der Waals surface area contributed by atoms with Gasteiger partial charge in [-0.1, -0.05) is 6.07 Å². The fourth-order valence-corrected chi connectivity index (χ4v) is 0.944. The summed E-state index contributed by atoms with van der Waals surface area (Å²) in [6, 6.07) is 4.95. The van der Waals surface area contributed by atoms with Gasteiger partial charge >= 0.3 is 6.03 Å². The fourth-order valence-electron chi connectivity index (χ4n) is 0.944. The number of pyridine rings is 1. The van der Waals surface area contributed by atoms with E-state index in [0.717, 1.165) is 5.69 Å². The Hall–Kier alpha value is -1.62. The Balaban J connectivity index is 2.59. The summed E-state index contributed by atoms with van der Waals surface area (Å²) in [7, 11) is 0. The van der Waals surface area contributed by atoms with Crippen LogP contribution < -0.4 is 16.6 Å². The third-order valence-electron chi connectivity index (χ3n) is 1.61. The highest BCUT2D eigenvalue weighted by Gasteiger charge is 2.07. The van der Waals surface area contributed by atoms with Crippen LogP contribution in [0.3, 0.4) is 0 Å². The lowest BCUT2D eigenvalue weighted by molar-refractivity contribution is 0.238. The lowest BCUT2D eigenvalue weighted by Crippen LogP contribution is -2.41. The highest BCUT2D eigenvalue weighted by Crippen LogP contribution is 2.06. The summed E-state index contributed by atoms with van der Waals surface area (Å²) in [5.74, 6) is 4.92. The summed E-state index contributed by atoms with van der Waals surface area (Å²) in [5.41, 5.74) is 2.79. The lowest BCUT2D eigenvalue weighted by atomic mass is 10.2. The van der Waals surface area contributed by atoms with Crippen LogP contribution in [0.25, 0.3) is 0 Å². The maximum absolute atomic E-state index is 10.8. The van der Waals surface area contributed by atoms with Gasteiger partial charge in [0.2, 0.25) is 0 Å². The number of nitrogens with zero attached hydrogens (tertiary/aromatic N) is 1. The van der Waals surface area contributed by atoms with Gasteiger partial charge in [0.25, 0.3) is 0 Å². The van der Waals surface area contributed by atoms with Gasteiger partial charge in [-0.15, -0.1) is 0 Å². The van der Waals surface area contributed by atoms with Crippen LogP contribution in [0.15, 0.2) is 24.4 Å². The van der Waals surface area contributed by atoms with Crippen molar-refractivity contribution in [3.8, 4) is 0 Å². The van der Waals surface area contributed by atoms with Gasteiger partial charge in [0.15, 0.2) is 0 Å². The number of rotatable bonds is 2. The molecule has 2 amide bonds. The van der Waals surface area contributed by atoms with Crippen LogP contribution in [0.2, 0.25) is 0 Å². The zero-order valence-electron chi connectivity index (χ0n) is 7.32. The summed E-state index contributed by atoms with van der Waals surface area (Å²) >= 11 is 0. The molecule has 0 saturated carbocycles. The monoisotopic (exact) mass is 180 g/mol. The van der Waals surface area contributed by atoms with Crippen LogP contribution in [0.1, 0.15) is 18.7 Å². The Morgan fingerprint density at radius 3 is 2.92 bits per heavy atom. The number of carbonyl (C=O) groups is 1. The van der Waals surface area contributed by atoms with E-state index >= 15 is 0 Å². The molecule has 1 heterocycles. The van der Waals surface area contributed by atoms with Gasteiger partial charge in [0.05, 0.1) is 11.7 Å². The maximum Gasteiger partial charge on any atom is 0.329 e. The minimum Gasteiger partial charge on any atom is -0.329 e. The number of hydrazine groups is 1. The number of nitrogens with one attached hydrogen (secondary N) is 2. The normalized spacial score (nSPS) is 11.8. The second-order valence-electron chi connectivity index (χ2n) is 2.59. The quantitative estimate of drug-likeness (QED) is 0.348. The molecule has 1 aromatic heterocycles. The SMILES string of the molecule is CC(NC(=O)NN)c1ccccn1. The van der Waals surface area contributed by atoms with Crippen molar-refractivity contribution in [2.45, 2.75) is 13.0 Å². The smallest absolute Gasteiger partial charge is 0.329 e. The minimum absolute atomic E-state index is 0.148. The first-order valence-corrected chi connectivity index (χ1v) is 3.92. The predicted molar refractivity (Wildman–Crippen MR) is 48.5 cm³/mol. The Labute approximate surface area is 76.3 Å². The molecule has 0 aliphatic heterocycles. The lowest BCUT2D eigenvalue weighted by Gasteiger charge is -2.11. The van der Waals surface area contributed by atoms with Crippen LogP contribution in [-0.2, 0) is 0 Å². The molecular weight excluding hydrogens is 168 g/mol.